The first-order valence-corrected chi connectivity index (χ1v) is 7.27. The Morgan fingerprint density at radius 3 is 2.65 bits per heavy atom. The van der Waals surface area contributed by atoms with E-state index in [9.17, 15) is 5.11 Å². The minimum atomic E-state index is -0.473. The largest absolute Gasteiger partial charge is 0.494 e. The van der Waals surface area contributed by atoms with Crippen LogP contribution < -0.4 is 4.74 Å². The smallest absolute Gasteiger partial charge is 0.119 e. The van der Waals surface area contributed by atoms with Crippen molar-refractivity contribution in [3.05, 3.63) is 29.8 Å². The normalized spacial score (nSPS) is 20.6. The molecule has 1 aliphatic rings. The lowest BCUT2D eigenvalue weighted by Crippen LogP contribution is -2.49. The van der Waals surface area contributed by atoms with Gasteiger partial charge in [0.2, 0.25) is 0 Å². The van der Waals surface area contributed by atoms with Crippen molar-refractivity contribution in [1.82, 2.24) is 4.90 Å². The molecule has 1 unspecified atom stereocenters. The molecule has 1 atom stereocenters. The molecule has 1 aromatic carbocycles. The average Bonchev–Trinajstić information content (AvgIpc) is 2.38. The number of β-amino-alcohol motifs (C(OH)–C–C–N with tert-alkyl or cyclic N) is 1. The molecular weight excluding hydrogens is 254 g/mol. The predicted octanol–water partition coefficient (Wildman–Crippen LogP) is 2.23. The first kappa shape index (κ1) is 15.3. The number of hydrogen-bond donors (Lipinski definition) is 1. The zero-order chi connectivity index (χ0) is 14.6. The SMILES string of the molecule is CCOc1ccc(C(O)CN2CCOC(C)(C)C2)cc1. The first-order chi connectivity index (χ1) is 9.50. The second-order valence-corrected chi connectivity index (χ2v) is 5.86. The van der Waals surface area contributed by atoms with Crippen LogP contribution in [0.15, 0.2) is 24.3 Å². The molecule has 0 radical (unpaired) electrons. The van der Waals surface area contributed by atoms with Crippen molar-refractivity contribution < 1.29 is 14.6 Å². The van der Waals surface area contributed by atoms with E-state index in [0.717, 1.165) is 31.0 Å². The summed E-state index contributed by atoms with van der Waals surface area (Å²) in [6, 6.07) is 7.68. The second kappa shape index (κ2) is 6.57. The van der Waals surface area contributed by atoms with Gasteiger partial charge in [-0.15, -0.1) is 0 Å². The monoisotopic (exact) mass is 279 g/mol. The van der Waals surface area contributed by atoms with Crippen LogP contribution in [-0.4, -0.2) is 48.5 Å². The summed E-state index contributed by atoms with van der Waals surface area (Å²) >= 11 is 0. The highest BCUT2D eigenvalue weighted by atomic mass is 16.5. The fourth-order valence-electron chi connectivity index (χ4n) is 2.57. The Kier molecular flexibility index (Phi) is 5.02. The van der Waals surface area contributed by atoms with Gasteiger partial charge in [0.05, 0.1) is 24.9 Å². The Morgan fingerprint density at radius 1 is 1.35 bits per heavy atom. The summed E-state index contributed by atoms with van der Waals surface area (Å²) in [5, 5.41) is 10.3. The van der Waals surface area contributed by atoms with Crippen LogP contribution in [0.2, 0.25) is 0 Å². The van der Waals surface area contributed by atoms with Gasteiger partial charge in [-0.1, -0.05) is 12.1 Å². The van der Waals surface area contributed by atoms with Crippen LogP contribution in [0.1, 0.15) is 32.4 Å². The highest BCUT2D eigenvalue weighted by Gasteiger charge is 2.28. The summed E-state index contributed by atoms with van der Waals surface area (Å²) in [5.74, 6) is 0.843. The van der Waals surface area contributed by atoms with Crippen molar-refractivity contribution in [2.75, 3.05) is 32.8 Å². The zero-order valence-electron chi connectivity index (χ0n) is 12.6. The van der Waals surface area contributed by atoms with Crippen LogP contribution in [0.4, 0.5) is 0 Å². The summed E-state index contributed by atoms with van der Waals surface area (Å²) < 4.78 is 11.1. The molecule has 0 saturated carbocycles. The van der Waals surface area contributed by atoms with Crippen LogP contribution in [0.5, 0.6) is 5.75 Å². The Labute approximate surface area is 121 Å². The van der Waals surface area contributed by atoms with Crippen molar-refractivity contribution in [3.8, 4) is 5.75 Å². The number of benzene rings is 1. The van der Waals surface area contributed by atoms with Gasteiger partial charge in [0, 0.05) is 19.6 Å². The molecule has 1 N–H and O–H groups in total. The maximum absolute atomic E-state index is 10.3. The summed E-state index contributed by atoms with van der Waals surface area (Å²) in [7, 11) is 0. The molecule has 4 heteroatoms. The van der Waals surface area contributed by atoms with E-state index in [0.29, 0.717) is 13.2 Å². The molecule has 112 valence electrons. The van der Waals surface area contributed by atoms with E-state index < -0.39 is 6.10 Å². The Morgan fingerprint density at radius 2 is 2.05 bits per heavy atom. The quantitative estimate of drug-likeness (QED) is 0.897. The molecule has 1 heterocycles. The summed E-state index contributed by atoms with van der Waals surface area (Å²) in [6.07, 6.45) is -0.473. The first-order valence-electron chi connectivity index (χ1n) is 7.27. The third-order valence-corrected chi connectivity index (χ3v) is 3.51. The molecule has 0 bridgehead atoms. The molecular formula is C16H25NO3. The summed E-state index contributed by atoms with van der Waals surface area (Å²) in [6.45, 7) is 9.88. The Hall–Kier alpha value is -1.10. The molecule has 20 heavy (non-hydrogen) atoms. The van der Waals surface area contributed by atoms with E-state index in [4.69, 9.17) is 9.47 Å². The van der Waals surface area contributed by atoms with Gasteiger partial charge < -0.3 is 14.6 Å². The van der Waals surface area contributed by atoms with E-state index in [1.807, 2.05) is 31.2 Å². The second-order valence-electron chi connectivity index (χ2n) is 5.86. The maximum Gasteiger partial charge on any atom is 0.119 e. The molecule has 1 aliphatic heterocycles. The van der Waals surface area contributed by atoms with Crippen molar-refractivity contribution in [2.45, 2.75) is 32.5 Å². The zero-order valence-corrected chi connectivity index (χ0v) is 12.6. The van der Waals surface area contributed by atoms with Crippen molar-refractivity contribution in [3.63, 3.8) is 0 Å². The fourth-order valence-corrected chi connectivity index (χ4v) is 2.57. The molecule has 4 nitrogen and oxygen atoms in total. The number of rotatable bonds is 5. The van der Waals surface area contributed by atoms with Crippen LogP contribution in [0.25, 0.3) is 0 Å². The van der Waals surface area contributed by atoms with Gasteiger partial charge in [-0.25, -0.2) is 0 Å². The fraction of sp³-hybridized carbons (Fsp3) is 0.625. The summed E-state index contributed by atoms with van der Waals surface area (Å²) in [5.41, 5.74) is 0.800. The van der Waals surface area contributed by atoms with Gasteiger partial charge in [-0.2, -0.15) is 0 Å². The van der Waals surface area contributed by atoms with E-state index >= 15 is 0 Å². The van der Waals surface area contributed by atoms with Crippen LogP contribution in [0.3, 0.4) is 0 Å². The van der Waals surface area contributed by atoms with Gasteiger partial charge in [-0.05, 0) is 38.5 Å². The molecule has 2 rings (SSSR count). The Bertz CT molecular complexity index is 416. The standard InChI is InChI=1S/C16H25NO3/c1-4-19-14-7-5-13(6-8-14)15(18)11-17-9-10-20-16(2,3)12-17/h5-8,15,18H,4,9-12H2,1-3H3. The highest BCUT2D eigenvalue weighted by Crippen LogP contribution is 2.22. The molecule has 1 saturated heterocycles. The topological polar surface area (TPSA) is 41.9 Å². The lowest BCUT2D eigenvalue weighted by molar-refractivity contribution is -0.0932. The third-order valence-electron chi connectivity index (χ3n) is 3.51. The van der Waals surface area contributed by atoms with E-state index in [-0.39, 0.29) is 5.60 Å². The number of ether oxygens (including phenoxy) is 2. The van der Waals surface area contributed by atoms with Crippen molar-refractivity contribution in [2.24, 2.45) is 0 Å². The Balaban J connectivity index is 1.92. The number of nitrogens with zero attached hydrogens (tertiary/aromatic N) is 1. The number of morpholine rings is 1. The van der Waals surface area contributed by atoms with Crippen LogP contribution in [-0.2, 0) is 4.74 Å². The summed E-state index contributed by atoms with van der Waals surface area (Å²) in [4.78, 5) is 2.25. The average molecular weight is 279 g/mol. The minimum Gasteiger partial charge on any atom is -0.494 e. The maximum atomic E-state index is 10.3. The van der Waals surface area contributed by atoms with Gasteiger partial charge in [0.15, 0.2) is 0 Å². The van der Waals surface area contributed by atoms with E-state index in [1.54, 1.807) is 0 Å². The molecule has 0 amide bonds. The molecule has 0 spiro atoms. The van der Waals surface area contributed by atoms with Crippen molar-refractivity contribution >= 4 is 0 Å². The van der Waals surface area contributed by atoms with E-state index in [1.165, 1.54) is 0 Å². The van der Waals surface area contributed by atoms with Crippen molar-refractivity contribution in [1.29, 1.82) is 0 Å². The lowest BCUT2D eigenvalue weighted by atomic mass is 10.1. The molecule has 0 aromatic heterocycles. The van der Waals surface area contributed by atoms with Gasteiger partial charge >= 0.3 is 0 Å². The molecule has 1 aromatic rings. The highest BCUT2D eigenvalue weighted by molar-refractivity contribution is 5.28. The number of aliphatic hydroxyl groups is 1. The number of hydrogen-bond acceptors (Lipinski definition) is 4. The minimum absolute atomic E-state index is 0.128. The van der Waals surface area contributed by atoms with Gasteiger partial charge in [0.25, 0.3) is 0 Å². The van der Waals surface area contributed by atoms with E-state index in [2.05, 4.69) is 18.7 Å². The third kappa shape index (κ3) is 4.20. The predicted molar refractivity (Wildman–Crippen MR) is 79.0 cm³/mol. The molecule has 1 fully saturated rings. The lowest BCUT2D eigenvalue weighted by Gasteiger charge is -2.38. The molecule has 0 aliphatic carbocycles. The van der Waals surface area contributed by atoms with Crippen LogP contribution in [0, 0.1) is 0 Å². The van der Waals surface area contributed by atoms with Crippen LogP contribution >= 0.6 is 0 Å². The van der Waals surface area contributed by atoms with Gasteiger partial charge in [0.1, 0.15) is 5.75 Å². The number of aliphatic hydroxyl groups excluding tert-OH is 1. The van der Waals surface area contributed by atoms with Gasteiger partial charge in [-0.3, -0.25) is 4.90 Å².